The first-order valence-corrected chi connectivity index (χ1v) is 8.93. The number of amides is 1. The third-order valence-corrected chi connectivity index (χ3v) is 5.17. The maximum absolute atomic E-state index is 12.6. The second-order valence-corrected chi connectivity index (χ2v) is 6.91. The number of hydrogen-bond acceptors (Lipinski definition) is 5. The largest absolute Gasteiger partial charge is 0.297 e. The highest BCUT2D eigenvalue weighted by atomic mass is 32.1. The van der Waals surface area contributed by atoms with Crippen LogP contribution in [0.2, 0.25) is 0 Å². The van der Waals surface area contributed by atoms with Gasteiger partial charge in [-0.3, -0.25) is 14.0 Å². The summed E-state index contributed by atoms with van der Waals surface area (Å²) in [5.74, 6) is -0.473. The van der Waals surface area contributed by atoms with Gasteiger partial charge in [-0.2, -0.15) is 5.10 Å². The number of aromatic nitrogens is 2. The van der Waals surface area contributed by atoms with Crippen LogP contribution in [0.1, 0.15) is 21.6 Å². The molecule has 1 amide bonds. The molecule has 0 unspecified atom stereocenters. The fraction of sp³-hybridized carbons (Fsp3) is 0.0526. The van der Waals surface area contributed by atoms with E-state index in [0.29, 0.717) is 11.3 Å². The van der Waals surface area contributed by atoms with Gasteiger partial charge in [-0.05, 0) is 5.39 Å². The summed E-state index contributed by atoms with van der Waals surface area (Å²) in [7, 11) is 0. The quantitative estimate of drug-likeness (QED) is 0.571. The number of imidazole rings is 1. The molecular weight excluding hydrogens is 348 g/mol. The van der Waals surface area contributed by atoms with E-state index in [1.54, 1.807) is 6.07 Å². The van der Waals surface area contributed by atoms with Gasteiger partial charge in [-0.25, -0.2) is 10.4 Å². The molecule has 126 valence electrons. The van der Waals surface area contributed by atoms with E-state index >= 15 is 0 Å². The van der Waals surface area contributed by atoms with Crippen LogP contribution in [-0.2, 0) is 11.2 Å². The van der Waals surface area contributed by atoms with Crippen molar-refractivity contribution in [2.75, 3.05) is 0 Å². The number of ketones is 1. The molecule has 1 aliphatic rings. The summed E-state index contributed by atoms with van der Waals surface area (Å²) in [6.45, 7) is 0. The lowest BCUT2D eigenvalue weighted by Crippen LogP contribution is -2.23. The standard InChI is InChI=1S/C19H12N4O2S/c24-15(9-12-10-23-7-8-26-19(23)20-12)21-22-17-13-5-1-3-11-4-2-6-14(16(11)13)18(17)25/h1-8,10H,9H2,(H,21,24). The Morgan fingerprint density at radius 1 is 1.19 bits per heavy atom. The lowest BCUT2D eigenvalue weighted by atomic mass is 10.1. The summed E-state index contributed by atoms with van der Waals surface area (Å²) in [6.07, 6.45) is 3.82. The second kappa shape index (κ2) is 5.60. The van der Waals surface area contributed by atoms with Crippen molar-refractivity contribution in [2.24, 2.45) is 5.10 Å². The first kappa shape index (κ1) is 15.0. The van der Waals surface area contributed by atoms with E-state index in [0.717, 1.165) is 21.3 Å². The van der Waals surface area contributed by atoms with Crippen molar-refractivity contribution in [1.29, 1.82) is 0 Å². The van der Waals surface area contributed by atoms with E-state index in [1.807, 2.05) is 52.5 Å². The van der Waals surface area contributed by atoms with Gasteiger partial charge in [-0.15, -0.1) is 11.3 Å². The minimum absolute atomic E-state index is 0.108. The number of rotatable bonds is 3. The number of fused-ring (bicyclic) bond motifs is 1. The molecule has 2 aromatic carbocycles. The fourth-order valence-electron chi connectivity index (χ4n) is 3.27. The highest BCUT2D eigenvalue weighted by Gasteiger charge is 2.28. The van der Waals surface area contributed by atoms with Crippen molar-refractivity contribution >= 4 is 44.5 Å². The monoisotopic (exact) mass is 360 g/mol. The average Bonchev–Trinajstić information content (AvgIpc) is 3.29. The number of hydrogen-bond donors (Lipinski definition) is 1. The van der Waals surface area contributed by atoms with E-state index in [9.17, 15) is 9.59 Å². The molecule has 0 fully saturated rings. The molecule has 1 N–H and O–H groups in total. The molecule has 2 aromatic heterocycles. The van der Waals surface area contributed by atoms with E-state index < -0.39 is 0 Å². The predicted octanol–water partition coefficient (Wildman–Crippen LogP) is 2.81. The van der Waals surface area contributed by atoms with Crippen molar-refractivity contribution in [3.8, 4) is 0 Å². The minimum atomic E-state index is -0.306. The summed E-state index contributed by atoms with van der Waals surface area (Å²) >= 11 is 1.51. The maximum Gasteiger partial charge on any atom is 0.246 e. The lowest BCUT2D eigenvalue weighted by molar-refractivity contribution is -0.120. The summed E-state index contributed by atoms with van der Waals surface area (Å²) in [4.78, 5) is 30.1. The van der Waals surface area contributed by atoms with Gasteiger partial charge in [0.25, 0.3) is 0 Å². The van der Waals surface area contributed by atoms with Crippen molar-refractivity contribution in [1.82, 2.24) is 14.8 Å². The number of carbonyl (C=O) groups is 2. The Morgan fingerprint density at radius 3 is 2.81 bits per heavy atom. The number of thiazole rings is 1. The third-order valence-electron chi connectivity index (χ3n) is 4.40. The summed E-state index contributed by atoms with van der Waals surface area (Å²) < 4.78 is 1.87. The number of nitrogens with one attached hydrogen (secondary N) is 1. The molecule has 2 heterocycles. The summed E-state index contributed by atoms with van der Waals surface area (Å²) in [5, 5.41) is 7.93. The fourth-order valence-corrected chi connectivity index (χ4v) is 3.99. The summed E-state index contributed by atoms with van der Waals surface area (Å²) in [6, 6.07) is 11.3. The third kappa shape index (κ3) is 2.25. The molecule has 6 nitrogen and oxygen atoms in total. The van der Waals surface area contributed by atoms with E-state index in [-0.39, 0.29) is 23.8 Å². The molecule has 4 aromatic rings. The van der Waals surface area contributed by atoms with E-state index in [4.69, 9.17) is 0 Å². The van der Waals surface area contributed by atoms with Crippen molar-refractivity contribution in [3.63, 3.8) is 0 Å². The molecule has 0 bridgehead atoms. The molecular formula is C19H12N4O2S. The number of hydrazone groups is 1. The molecule has 0 spiro atoms. The Bertz CT molecular complexity index is 1200. The molecule has 0 aliphatic heterocycles. The zero-order chi connectivity index (χ0) is 17.7. The molecule has 0 saturated carbocycles. The first-order chi connectivity index (χ1) is 12.7. The molecule has 0 atom stereocenters. The van der Waals surface area contributed by atoms with Gasteiger partial charge in [-0.1, -0.05) is 36.4 Å². The molecule has 26 heavy (non-hydrogen) atoms. The molecule has 0 saturated heterocycles. The average molecular weight is 360 g/mol. The Kier molecular flexibility index (Phi) is 3.23. The van der Waals surface area contributed by atoms with E-state index in [1.165, 1.54) is 11.3 Å². The SMILES string of the molecule is O=C(Cc1cn2ccsc2n1)NN=C1C(=O)c2cccc3cccc1c23. The maximum atomic E-state index is 12.6. The molecule has 5 rings (SSSR count). The van der Waals surface area contributed by atoms with Crippen LogP contribution in [0.15, 0.2) is 59.3 Å². The van der Waals surface area contributed by atoms with Gasteiger partial charge in [0.05, 0.1) is 12.1 Å². The van der Waals surface area contributed by atoms with Crippen LogP contribution in [0.25, 0.3) is 15.7 Å². The molecule has 7 heteroatoms. The zero-order valence-electron chi connectivity index (χ0n) is 13.5. The van der Waals surface area contributed by atoms with Crippen LogP contribution in [0, 0.1) is 0 Å². The van der Waals surface area contributed by atoms with Crippen LogP contribution in [0.5, 0.6) is 0 Å². The van der Waals surface area contributed by atoms with Crippen LogP contribution >= 0.6 is 11.3 Å². The van der Waals surface area contributed by atoms with Gasteiger partial charge in [0, 0.05) is 34.3 Å². The highest BCUT2D eigenvalue weighted by molar-refractivity contribution is 7.15. The van der Waals surface area contributed by atoms with Crippen LogP contribution in [0.4, 0.5) is 0 Å². The van der Waals surface area contributed by atoms with Gasteiger partial charge in [0.1, 0.15) is 5.71 Å². The van der Waals surface area contributed by atoms with Gasteiger partial charge in [0.2, 0.25) is 11.7 Å². The Balaban J connectivity index is 1.41. The predicted molar refractivity (Wildman–Crippen MR) is 99.7 cm³/mol. The van der Waals surface area contributed by atoms with E-state index in [2.05, 4.69) is 15.5 Å². The lowest BCUT2D eigenvalue weighted by Gasteiger charge is -2.01. The van der Waals surface area contributed by atoms with Crippen molar-refractivity contribution in [3.05, 3.63) is 71.0 Å². The number of Topliss-reactive ketones (excluding diaryl/α,β-unsaturated/α-hetero) is 1. The number of nitrogens with zero attached hydrogens (tertiary/aromatic N) is 3. The van der Waals surface area contributed by atoms with Crippen LogP contribution in [-0.4, -0.2) is 26.8 Å². The van der Waals surface area contributed by atoms with Crippen LogP contribution < -0.4 is 5.43 Å². The Hall–Kier alpha value is -3.32. The van der Waals surface area contributed by atoms with Crippen molar-refractivity contribution in [2.45, 2.75) is 6.42 Å². The van der Waals surface area contributed by atoms with Gasteiger partial charge in [0.15, 0.2) is 4.96 Å². The smallest absolute Gasteiger partial charge is 0.246 e. The Labute approximate surface area is 151 Å². The topological polar surface area (TPSA) is 75.8 Å². The first-order valence-electron chi connectivity index (χ1n) is 8.05. The van der Waals surface area contributed by atoms with Crippen LogP contribution in [0.3, 0.4) is 0 Å². The normalized spacial score (nSPS) is 14.6. The van der Waals surface area contributed by atoms with Crippen molar-refractivity contribution < 1.29 is 9.59 Å². The summed E-state index contributed by atoms with van der Waals surface area (Å²) in [5.41, 5.74) is 4.82. The Morgan fingerprint density at radius 2 is 2.00 bits per heavy atom. The minimum Gasteiger partial charge on any atom is -0.297 e. The zero-order valence-corrected chi connectivity index (χ0v) is 14.3. The van der Waals surface area contributed by atoms with Gasteiger partial charge < -0.3 is 0 Å². The second-order valence-electron chi connectivity index (χ2n) is 6.04. The van der Waals surface area contributed by atoms with Gasteiger partial charge >= 0.3 is 0 Å². The number of carbonyl (C=O) groups excluding carboxylic acids is 2. The molecule has 1 aliphatic carbocycles. The highest BCUT2D eigenvalue weighted by Crippen LogP contribution is 2.30. The number of benzene rings is 2. The molecule has 0 radical (unpaired) electrons.